The predicted octanol–water partition coefficient (Wildman–Crippen LogP) is 5.65. The van der Waals surface area contributed by atoms with Crippen LogP contribution in [-0.4, -0.2) is 30.0 Å². The zero-order valence-corrected chi connectivity index (χ0v) is 20.0. The number of esters is 1. The Kier molecular flexibility index (Phi) is 8.26. The van der Waals surface area contributed by atoms with Crippen molar-refractivity contribution >= 4 is 23.3 Å². The largest absolute Gasteiger partial charge is 0.492 e. The summed E-state index contributed by atoms with van der Waals surface area (Å²) in [6.07, 6.45) is 4.12. The van der Waals surface area contributed by atoms with Gasteiger partial charge >= 0.3 is 5.97 Å². The topological polar surface area (TPSA) is 108 Å². The van der Waals surface area contributed by atoms with Crippen molar-refractivity contribution in [2.45, 2.75) is 58.3 Å². The monoisotopic (exact) mass is 468 g/mol. The van der Waals surface area contributed by atoms with Crippen LogP contribution in [0.5, 0.6) is 5.75 Å². The summed E-state index contributed by atoms with van der Waals surface area (Å²) in [7, 11) is 0. The summed E-state index contributed by atoms with van der Waals surface area (Å²) in [5.41, 5.74) is 0.693. The highest BCUT2D eigenvalue weighted by Crippen LogP contribution is 2.41. The van der Waals surface area contributed by atoms with Gasteiger partial charge in [0.1, 0.15) is 11.3 Å². The van der Waals surface area contributed by atoms with E-state index in [0.717, 1.165) is 24.8 Å². The standard InChI is InChI=1S/C26H32N2O6/c1-4-33-24(29)22-16-20(10-13-23(22)34-17-18(2)3)27-25(30)26(14-6-5-7-15-26)19-8-11-21(12-9-19)28(31)32/h8-13,16,18H,4-7,14-15,17H2,1-3H3,(H,27,30). The van der Waals surface area contributed by atoms with Gasteiger partial charge < -0.3 is 14.8 Å². The lowest BCUT2D eigenvalue weighted by molar-refractivity contribution is -0.384. The summed E-state index contributed by atoms with van der Waals surface area (Å²) in [5.74, 6) is -0.0120. The van der Waals surface area contributed by atoms with Crippen LogP contribution in [0.1, 0.15) is 68.8 Å². The number of nitrogens with zero attached hydrogens (tertiary/aromatic N) is 1. The molecule has 8 nitrogen and oxygen atoms in total. The molecule has 0 aromatic heterocycles. The van der Waals surface area contributed by atoms with Gasteiger partial charge in [0, 0.05) is 17.8 Å². The first-order valence-corrected chi connectivity index (χ1v) is 11.8. The van der Waals surface area contributed by atoms with E-state index in [0.29, 0.717) is 30.9 Å². The van der Waals surface area contributed by atoms with E-state index in [4.69, 9.17) is 9.47 Å². The molecule has 0 bridgehead atoms. The van der Waals surface area contributed by atoms with Crippen molar-refractivity contribution in [2.24, 2.45) is 5.92 Å². The molecule has 0 unspecified atom stereocenters. The Hall–Kier alpha value is -3.42. The van der Waals surface area contributed by atoms with E-state index < -0.39 is 16.3 Å². The van der Waals surface area contributed by atoms with Gasteiger partial charge in [0.25, 0.3) is 5.69 Å². The zero-order chi connectivity index (χ0) is 24.7. The second kappa shape index (κ2) is 11.1. The average Bonchev–Trinajstić information content (AvgIpc) is 2.83. The molecule has 0 heterocycles. The third kappa shape index (κ3) is 5.73. The molecule has 182 valence electrons. The molecule has 2 aromatic rings. The van der Waals surface area contributed by atoms with E-state index in [-0.39, 0.29) is 29.7 Å². The molecule has 1 N–H and O–H groups in total. The van der Waals surface area contributed by atoms with Crippen LogP contribution in [0.4, 0.5) is 11.4 Å². The minimum absolute atomic E-state index is 0.00816. The van der Waals surface area contributed by atoms with Gasteiger partial charge in [-0.05, 0) is 49.4 Å². The molecule has 0 atom stereocenters. The Labute approximate surface area is 199 Å². The highest BCUT2D eigenvalue weighted by molar-refractivity contribution is 6.01. The first-order valence-electron chi connectivity index (χ1n) is 11.8. The normalized spacial score (nSPS) is 14.9. The second-order valence-corrected chi connectivity index (χ2v) is 9.04. The first-order chi connectivity index (χ1) is 16.3. The van der Waals surface area contributed by atoms with Crippen LogP contribution in [0, 0.1) is 16.0 Å². The molecule has 0 radical (unpaired) electrons. The van der Waals surface area contributed by atoms with Gasteiger partial charge in [-0.25, -0.2) is 4.79 Å². The Morgan fingerprint density at radius 1 is 1.09 bits per heavy atom. The summed E-state index contributed by atoms with van der Waals surface area (Å²) in [5, 5.41) is 14.0. The minimum Gasteiger partial charge on any atom is -0.492 e. The molecule has 1 aliphatic carbocycles. The molecule has 1 amide bonds. The number of hydrogen-bond acceptors (Lipinski definition) is 6. The fourth-order valence-electron chi connectivity index (χ4n) is 4.31. The average molecular weight is 469 g/mol. The number of amides is 1. The summed E-state index contributed by atoms with van der Waals surface area (Å²) in [6, 6.07) is 11.2. The molecule has 0 spiro atoms. The van der Waals surface area contributed by atoms with Gasteiger partial charge in [0.15, 0.2) is 0 Å². The number of hydrogen-bond donors (Lipinski definition) is 1. The molecule has 34 heavy (non-hydrogen) atoms. The molecule has 3 rings (SSSR count). The van der Waals surface area contributed by atoms with Crippen LogP contribution in [0.25, 0.3) is 0 Å². The number of nitrogens with one attached hydrogen (secondary N) is 1. The van der Waals surface area contributed by atoms with E-state index in [9.17, 15) is 19.7 Å². The Bertz CT molecular complexity index is 1030. The molecular formula is C26H32N2O6. The number of carbonyl (C=O) groups is 2. The zero-order valence-electron chi connectivity index (χ0n) is 20.0. The van der Waals surface area contributed by atoms with Gasteiger partial charge in [-0.1, -0.05) is 45.2 Å². The van der Waals surface area contributed by atoms with E-state index in [1.807, 2.05) is 13.8 Å². The fraction of sp³-hybridized carbons (Fsp3) is 0.462. The minimum atomic E-state index is -0.787. The van der Waals surface area contributed by atoms with E-state index in [1.165, 1.54) is 12.1 Å². The van der Waals surface area contributed by atoms with Gasteiger partial charge in [0.2, 0.25) is 5.91 Å². The smallest absolute Gasteiger partial charge is 0.341 e. The third-order valence-electron chi connectivity index (χ3n) is 6.08. The number of nitro groups is 1. The van der Waals surface area contributed by atoms with Gasteiger partial charge in [-0.3, -0.25) is 14.9 Å². The lowest BCUT2D eigenvalue weighted by atomic mass is 9.68. The number of benzene rings is 2. The first kappa shape index (κ1) is 25.2. The van der Waals surface area contributed by atoms with Crippen LogP contribution in [-0.2, 0) is 14.9 Å². The summed E-state index contributed by atoms with van der Waals surface area (Å²) >= 11 is 0. The van der Waals surface area contributed by atoms with Crippen molar-refractivity contribution in [3.63, 3.8) is 0 Å². The SMILES string of the molecule is CCOC(=O)c1cc(NC(=O)C2(c3ccc([N+](=O)[O-])cc3)CCCCC2)ccc1OCC(C)C. The van der Waals surface area contributed by atoms with Crippen molar-refractivity contribution < 1.29 is 24.0 Å². The van der Waals surface area contributed by atoms with Crippen molar-refractivity contribution in [3.8, 4) is 5.75 Å². The predicted molar refractivity (Wildman–Crippen MR) is 129 cm³/mol. The Balaban J connectivity index is 1.90. The van der Waals surface area contributed by atoms with Gasteiger partial charge in [-0.15, -0.1) is 0 Å². The molecule has 8 heteroatoms. The maximum atomic E-state index is 13.6. The van der Waals surface area contributed by atoms with Gasteiger partial charge in [-0.2, -0.15) is 0 Å². The van der Waals surface area contributed by atoms with E-state index in [2.05, 4.69) is 5.32 Å². The molecule has 2 aromatic carbocycles. The maximum Gasteiger partial charge on any atom is 0.341 e. The molecule has 0 aliphatic heterocycles. The lowest BCUT2D eigenvalue weighted by Gasteiger charge is -2.36. The quantitative estimate of drug-likeness (QED) is 0.290. The van der Waals surface area contributed by atoms with Crippen LogP contribution in [0.3, 0.4) is 0 Å². The van der Waals surface area contributed by atoms with Crippen molar-refractivity contribution in [2.75, 3.05) is 18.5 Å². The molecule has 1 aliphatic rings. The lowest BCUT2D eigenvalue weighted by Crippen LogP contribution is -2.42. The highest BCUT2D eigenvalue weighted by Gasteiger charge is 2.41. The van der Waals surface area contributed by atoms with Crippen molar-refractivity contribution in [3.05, 3.63) is 63.7 Å². The van der Waals surface area contributed by atoms with Crippen LogP contribution in [0.15, 0.2) is 42.5 Å². The van der Waals surface area contributed by atoms with Crippen LogP contribution >= 0.6 is 0 Å². The number of anilines is 1. The summed E-state index contributed by atoms with van der Waals surface area (Å²) in [4.78, 5) is 36.8. The van der Waals surface area contributed by atoms with Gasteiger partial charge in [0.05, 0.1) is 23.6 Å². The number of nitro benzene ring substituents is 1. The number of non-ortho nitro benzene ring substituents is 1. The van der Waals surface area contributed by atoms with Crippen LogP contribution in [0.2, 0.25) is 0 Å². The highest BCUT2D eigenvalue weighted by atomic mass is 16.6. The molecule has 0 saturated heterocycles. The van der Waals surface area contributed by atoms with Crippen molar-refractivity contribution in [1.82, 2.24) is 0 Å². The van der Waals surface area contributed by atoms with Crippen molar-refractivity contribution in [1.29, 1.82) is 0 Å². The third-order valence-corrected chi connectivity index (χ3v) is 6.08. The fourth-order valence-corrected chi connectivity index (χ4v) is 4.31. The van der Waals surface area contributed by atoms with E-state index >= 15 is 0 Å². The Morgan fingerprint density at radius 3 is 2.35 bits per heavy atom. The summed E-state index contributed by atoms with van der Waals surface area (Å²) in [6.45, 7) is 6.43. The van der Waals surface area contributed by atoms with E-state index in [1.54, 1.807) is 37.3 Å². The maximum absolute atomic E-state index is 13.6. The Morgan fingerprint density at radius 2 is 1.76 bits per heavy atom. The molecular weight excluding hydrogens is 436 g/mol. The van der Waals surface area contributed by atoms with Crippen LogP contribution < -0.4 is 10.1 Å². The number of ether oxygens (including phenoxy) is 2. The number of rotatable bonds is 9. The summed E-state index contributed by atoms with van der Waals surface area (Å²) < 4.78 is 11.0. The molecule has 1 saturated carbocycles. The second-order valence-electron chi connectivity index (χ2n) is 9.04. The molecule has 1 fully saturated rings. The number of carbonyl (C=O) groups excluding carboxylic acids is 2.